The third kappa shape index (κ3) is 10.6. The molecule has 1 rings (SSSR count). The minimum Gasteiger partial charge on any atom is -0.381 e. The zero-order chi connectivity index (χ0) is 18.5. The minimum atomic E-state index is 0. The zero-order valence-electron chi connectivity index (χ0n) is 16.4. The minimum absolute atomic E-state index is 0. The second-order valence-electron chi connectivity index (χ2n) is 7.47. The van der Waals surface area contributed by atoms with Crippen LogP contribution in [0.2, 0.25) is 0 Å². The lowest BCUT2D eigenvalue weighted by atomic mass is 9.83. The van der Waals surface area contributed by atoms with Gasteiger partial charge in [0.2, 0.25) is 5.91 Å². The molecule has 0 aliphatic heterocycles. The van der Waals surface area contributed by atoms with Crippen LogP contribution in [0.25, 0.3) is 0 Å². The molecule has 0 radical (unpaired) electrons. The summed E-state index contributed by atoms with van der Waals surface area (Å²) in [6.07, 6.45) is 6.48. The highest BCUT2D eigenvalue weighted by atomic mass is 16.5. The molecule has 0 aromatic rings. The standard InChI is InChI=1S/C20H37NO4.H2/c1-4-19(22)17-8-10-18(11-9-17)21-20(23)7-5-12-24-13-6-14-25-15-16(2)3;/h16-18H,4-15H2,1-3H3,(H,21,23);1H. The van der Waals surface area contributed by atoms with E-state index in [1.54, 1.807) is 0 Å². The van der Waals surface area contributed by atoms with Crippen LogP contribution >= 0.6 is 0 Å². The van der Waals surface area contributed by atoms with Crippen molar-refractivity contribution in [2.24, 2.45) is 11.8 Å². The molecule has 1 aliphatic rings. The molecular formula is C20H39NO4. The number of carbonyl (C=O) groups is 2. The highest BCUT2D eigenvalue weighted by Crippen LogP contribution is 2.25. The molecule has 1 saturated carbocycles. The smallest absolute Gasteiger partial charge is 0.220 e. The molecule has 0 unspecified atom stereocenters. The summed E-state index contributed by atoms with van der Waals surface area (Å²) < 4.78 is 11.0. The first-order chi connectivity index (χ1) is 12.0. The van der Waals surface area contributed by atoms with Crippen molar-refractivity contribution in [3.8, 4) is 0 Å². The van der Waals surface area contributed by atoms with Gasteiger partial charge in [0, 0.05) is 52.7 Å². The molecule has 0 bridgehead atoms. The topological polar surface area (TPSA) is 64.6 Å². The van der Waals surface area contributed by atoms with Gasteiger partial charge in [0.05, 0.1) is 0 Å². The first-order valence-corrected chi connectivity index (χ1v) is 10.0. The van der Waals surface area contributed by atoms with Gasteiger partial charge in [-0.15, -0.1) is 0 Å². The van der Waals surface area contributed by atoms with Gasteiger partial charge in [0.1, 0.15) is 5.78 Å². The second kappa shape index (κ2) is 13.3. The number of ketones is 1. The van der Waals surface area contributed by atoms with Crippen LogP contribution in [0, 0.1) is 11.8 Å². The summed E-state index contributed by atoms with van der Waals surface area (Å²) in [5.74, 6) is 1.27. The Kier molecular flexibility index (Phi) is 11.7. The average molecular weight is 358 g/mol. The van der Waals surface area contributed by atoms with Gasteiger partial charge in [-0.25, -0.2) is 0 Å². The normalized spacial score (nSPS) is 20.6. The van der Waals surface area contributed by atoms with Crippen molar-refractivity contribution in [2.75, 3.05) is 26.4 Å². The number of rotatable bonds is 13. The van der Waals surface area contributed by atoms with Gasteiger partial charge in [-0.3, -0.25) is 9.59 Å². The predicted octanol–water partition coefficient (Wildman–Crippen LogP) is 3.75. The van der Waals surface area contributed by atoms with Crippen molar-refractivity contribution < 1.29 is 20.5 Å². The maximum atomic E-state index is 12.0. The first kappa shape index (κ1) is 22.1. The van der Waals surface area contributed by atoms with E-state index in [0.717, 1.165) is 51.7 Å². The van der Waals surface area contributed by atoms with Crippen LogP contribution in [0.4, 0.5) is 0 Å². The van der Waals surface area contributed by atoms with Crippen LogP contribution < -0.4 is 5.32 Å². The fraction of sp³-hybridized carbons (Fsp3) is 0.900. The number of nitrogens with one attached hydrogen (secondary N) is 1. The van der Waals surface area contributed by atoms with Crippen molar-refractivity contribution in [3.05, 3.63) is 0 Å². The van der Waals surface area contributed by atoms with Crippen molar-refractivity contribution in [1.29, 1.82) is 0 Å². The van der Waals surface area contributed by atoms with Crippen LogP contribution in [-0.4, -0.2) is 44.2 Å². The molecule has 0 aromatic heterocycles. The summed E-state index contributed by atoms with van der Waals surface area (Å²) in [5, 5.41) is 3.10. The first-order valence-electron chi connectivity index (χ1n) is 10.0. The van der Waals surface area contributed by atoms with Crippen molar-refractivity contribution in [1.82, 2.24) is 5.32 Å². The van der Waals surface area contributed by atoms with Crippen molar-refractivity contribution >= 4 is 11.7 Å². The number of Topliss-reactive ketones (excluding diaryl/α,β-unsaturated/α-hetero) is 1. The fourth-order valence-electron chi connectivity index (χ4n) is 3.17. The Morgan fingerprint density at radius 3 is 2.32 bits per heavy atom. The van der Waals surface area contributed by atoms with Gasteiger partial charge in [-0.05, 0) is 44.4 Å². The number of carbonyl (C=O) groups excluding carboxylic acids is 2. The van der Waals surface area contributed by atoms with Gasteiger partial charge in [0.15, 0.2) is 0 Å². The van der Waals surface area contributed by atoms with E-state index in [0.29, 0.717) is 37.8 Å². The van der Waals surface area contributed by atoms with Gasteiger partial charge >= 0.3 is 0 Å². The van der Waals surface area contributed by atoms with E-state index in [2.05, 4.69) is 19.2 Å². The number of amides is 1. The molecule has 1 fully saturated rings. The lowest BCUT2D eigenvalue weighted by Crippen LogP contribution is -2.38. The average Bonchev–Trinajstić information content (AvgIpc) is 2.60. The van der Waals surface area contributed by atoms with E-state index in [1.165, 1.54) is 0 Å². The third-order valence-electron chi connectivity index (χ3n) is 4.62. The Morgan fingerprint density at radius 1 is 1.04 bits per heavy atom. The van der Waals surface area contributed by atoms with E-state index < -0.39 is 0 Å². The highest BCUT2D eigenvalue weighted by molar-refractivity contribution is 5.80. The SMILES string of the molecule is CCC(=O)C1CCC(NC(=O)CCCOCCCOCC(C)C)CC1.[HH]. The number of hydrogen-bond donors (Lipinski definition) is 1. The summed E-state index contributed by atoms with van der Waals surface area (Å²) in [6.45, 7) is 9.05. The molecule has 1 amide bonds. The van der Waals surface area contributed by atoms with E-state index in [1.807, 2.05) is 6.92 Å². The van der Waals surface area contributed by atoms with Crippen LogP contribution in [0.1, 0.15) is 73.6 Å². The van der Waals surface area contributed by atoms with Crippen LogP contribution in [0.15, 0.2) is 0 Å². The quantitative estimate of drug-likeness (QED) is 0.510. The monoisotopic (exact) mass is 357 g/mol. The lowest BCUT2D eigenvalue weighted by Gasteiger charge is -2.28. The van der Waals surface area contributed by atoms with Gasteiger partial charge in [0.25, 0.3) is 0 Å². The van der Waals surface area contributed by atoms with Crippen LogP contribution in [0.3, 0.4) is 0 Å². The molecular weight excluding hydrogens is 318 g/mol. The molecule has 25 heavy (non-hydrogen) atoms. The lowest BCUT2D eigenvalue weighted by molar-refractivity contribution is -0.124. The zero-order valence-corrected chi connectivity index (χ0v) is 16.4. The predicted molar refractivity (Wildman–Crippen MR) is 102 cm³/mol. The molecule has 0 aromatic carbocycles. The van der Waals surface area contributed by atoms with Crippen molar-refractivity contribution in [3.63, 3.8) is 0 Å². The summed E-state index contributed by atoms with van der Waals surface area (Å²) in [5.41, 5.74) is 0. The number of ether oxygens (including phenoxy) is 2. The molecule has 5 nitrogen and oxygen atoms in total. The Hall–Kier alpha value is -0.940. The number of hydrogen-bond acceptors (Lipinski definition) is 4. The Balaban J connectivity index is 0.00000625. The Labute approximate surface area is 154 Å². The maximum Gasteiger partial charge on any atom is 0.220 e. The fourth-order valence-corrected chi connectivity index (χ4v) is 3.17. The summed E-state index contributed by atoms with van der Waals surface area (Å²) >= 11 is 0. The van der Waals surface area contributed by atoms with E-state index in [-0.39, 0.29) is 19.3 Å². The molecule has 1 aliphatic carbocycles. The summed E-state index contributed by atoms with van der Waals surface area (Å²) in [7, 11) is 0. The van der Waals surface area contributed by atoms with Crippen LogP contribution in [0.5, 0.6) is 0 Å². The van der Waals surface area contributed by atoms with Gasteiger partial charge in [-0.1, -0.05) is 20.8 Å². The maximum absolute atomic E-state index is 12.0. The van der Waals surface area contributed by atoms with Gasteiger partial charge in [-0.2, -0.15) is 0 Å². The third-order valence-corrected chi connectivity index (χ3v) is 4.62. The Bertz CT molecular complexity index is 382. The molecule has 0 saturated heterocycles. The van der Waals surface area contributed by atoms with Gasteiger partial charge < -0.3 is 14.8 Å². The van der Waals surface area contributed by atoms with Crippen LogP contribution in [-0.2, 0) is 19.1 Å². The molecule has 5 heteroatoms. The largest absolute Gasteiger partial charge is 0.381 e. The highest BCUT2D eigenvalue weighted by Gasteiger charge is 2.25. The second-order valence-corrected chi connectivity index (χ2v) is 7.47. The van der Waals surface area contributed by atoms with E-state index in [9.17, 15) is 9.59 Å². The van der Waals surface area contributed by atoms with E-state index in [4.69, 9.17) is 9.47 Å². The van der Waals surface area contributed by atoms with Crippen molar-refractivity contribution in [2.45, 2.75) is 78.2 Å². The molecule has 148 valence electrons. The molecule has 0 spiro atoms. The molecule has 0 heterocycles. The van der Waals surface area contributed by atoms with E-state index >= 15 is 0 Å². The summed E-state index contributed by atoms with van der Waals surface area (Å²) in [6, 6.07) is 0.243. The summed E-state index contributed by atoms with van der Waals surface area (Å²) in [4.78, 5) is 23.7. The molecule has 0 atom stereocenters. The molecule has 1 N–H and O–H groups in total. The Morgan fingerprint density at radius 2 is 1.68 bits per heavy atom.